The number of nitrogens with two attached hydrogens (primary N) is 1. The average molecular weight is 351 g/mol. The quantitative estimate of drug-likeness (QED) is 0.754. The molecule has 1 heterocycles. The van der Waals surface area contributed by atoms with E-state index in [-0.39, 0.29) is 5.91 Å². The molecule has 2 aromatic carbocycles. The van der Waals surface area contributed by atoms with E-state index in [1.54, 1.807) is 0 Å². The summed E-state index contributed by atoms with van der Waals surface area (Å²) in [6.07, 6.45) is 4.37. The van der Waals surface area contributed by atoms with Crippen LogP contribution in [0.2, 0.25) is 0 Å². The number of amides is 1. The molecule has 0 aromatic heterocycles. The number of nitrogens with zero attached hydrogens (tertiary/aromatic N) is 1. The van der Waals surface area contributed by atoms with Gasteiger partial charge in [-0.25, -0.2) is 0 Å². The molecular weight excluding hydrogens is 322 g/mol. The lowest BCUT2D eigenvalue weighted by Crippen LogP contribution is -2.45. The highest BCUT2D eigenvalue weighted by Gasteiger charge is 2.20. The molecule has 0 aliphatic carbocycles. The van der Waals surface area contributed by atoms with Crippen LogP contribution in [0.3, 0.4) is 0 Å². The Morgan fingerprint density at radius 1 is 1.00 bits per heavy atom. The number of hydrogen-bond donors (Lipinski definition) is 2. The zero-order valence-electron chi connectivity index (χ0n) is 15.4. The molecule has 3 rings (SSSR count). The summed E-state index contributed by atoms with van der Waals surface area (Å²) in [5.41, 5.74) is 9.16. The number of rotatable bonds is 7. The lowest BCUT2D eigenvalue weighted by molar-refractivity contribution is -0.122. The Labute approximate surface area is 156 Å². The van der Waals surface area contributed by atoms with Crippen molar-refractivity contribution in [2.45, 2.75) is 38.1 Å². The van der Waals surface area contributed by atoms with E-state index < -0.39 is 0 Å². The molecule has 0 radical (unpaired) electrons. The van der Waals surface area contributed by atoms with Gasteiger partial charge in [-0.2, -0.15) is 0 Å². The van der Waals surface area contributed by atoms with E-state index >= 15 is 0 Å². The number of benzene rings is 2. The highest BCUT2D eigenvalue weighted by molar-refractivity contribution is 5.76. The molecule has 1 saturated heterocycles. The van der Waals surface area contributed by atoms with E-state index in [2.05, 4.69) is 40.5 Å². The third-order valence-corrected chi connectivity index (χ3v) is 5.19. The summed E-state index contributed by atoms with van der Waals surface area (Å²) in [4.78, 5) is 14.7. The highest BCUT2D eigenvalue weighted by Crippen LogP contribution is 2.14. The number of nitrogens with one attached hydrogen (secondary N) is 1. The van der Waals surface area contributed by atoms with Gasteiger partial charge in [-0.15, -0.1) is 0 Å². The average Bonchev–Trinajstić information content (AvgIpc) is 2.68. The van der Waals surface area contributed by atoms with Gasteiger partial charge < -0.3 is 16.0 Å². The van der Waals surface area contributed by atoms with Crippen LogP contribution in [0.1, 0.15) is 30.4 Å². The number of carbonyl (C=O) groups is 1. The first-order valence-corrected chi connectivity index (χ1v) is 9.60. The monoisotopic (exact) mass is 351 g/mol. The molecule has 1 aliphatic heterocycles. The predicted molar refractivity (Wildman–Crippen MR) is 107 cm³/mol. The highest BCUT2D eigenvalue weighted by atomic mass is 16.1. The van der Waals surface area contributed by atoms with Crippen LogP contribution in [-0.2, 0) is 17.6 Å². The van der Waals surface area contributed by atoms with Crippen molar-refractivity contribution in [2.75, 3.05) is 25.4 Å². The van der Waals surface area contributed by atoms with Gasteiger partial charge in [-0.05, 0) is 42.9 Å². The van der Waals surface area contributed by atoms with Gasteiger partial charge in [0.05, 0.1) is 0 Å². The molecule has 0 unspecified atom stereocenters. The van der Waals surface area contributed by atoms with Crippen molar-refractivity contribution in [3.05, 3.63) is 65.7 Å². The predicted octanol–water partition coefficient (Wildman–Crippen LogP) is 3.02. The fourth-order valence-corrected chi connectivity index (χ4v) is 3.54. The zero-order chi connectivity index (χ0) is 18.2. The van der Waals surface area contributed by atoms with Crippen molar-refractivity contribution in [3.8, 4) is 0 Å². The van der Waals surface area contributed by atoms with Gasteiger partial charge in [0.25, 0.3) is 0 Å². The van der Waals surface area contributed by atoms with Crippen LogP contribution in [0.25, 0.3) is 0 Å². The van der Waals surface area contributed by atoms with E-state index in [1.165, 1.54) is 5.56 Å². The molecule has 2 aromatic rings. The number of carbonyl (C=O) groups excluding carboxylic acids is 1. The molecule has 0 saturated carbocycles. The number of anilines is 1. The molecule has 4 heteroatoms. The van der Waals surface area contributed by atoms with E-state index in [1.807, 2.05) is 24.3 Å². The minimum atomic E-state index is 0.135. The van der Waals surface area contributed by atoms with E-state index in [9.17, 15) is 4.79 Å². The second kappa shape index (κ2) is 9.39. The fourth-order valence-electron chi connectivity index (χ4n) is 3.54. The van der Waals surface area contributed by atoms with Crippen molar-refractivity contribution >= 4 is 11.6 Å². The Bertz CT molecular complexity index is 694. The van der Waals surface area contributed by atoms with Gasteiger partial charge in [-0.3, -0.25) is 4.79 Å². The largest absolute Gasteiger partial charge is 0.399 e. The third kappa shape index (κ3) is 5.60. The second-order valence-electron chi connectivity index (χ2n) is 7.12. The summed E-state index contributed by atoms with van der Waals surface area (Å²) in [6, 6.07) is 18.7. The van der Waals surface area contributed by atoms with Crippen LogP contribution in [-0.4, -0.2) is 36.5 Å². The lowest BCUT2D eigenvalue weighted by Gasteiger charge is -2.32. The van der Waals surface area contributed by atoms with E-state index in [0.29, 0.717) is 18.9 Å². The van der Waals surface area contributed by atoms with Crippen LogP contribution in [0, 0.1) is 0 Å². The number of piperidine rings is 1. The van der Waals surface area contributed by atoms with Crippen LogP contribution in [0.15, 0.2) is 54.6 Å². The fraction of sp³-hybridized carbons (Fsp3) is 0.409. The molecule has 138 valence electrons. The zero-order valence-corrected chi connectivity index (χ0v) is 15.4. The Balaban J connectivity index is 1.34. The van der Waals surface area contributed by atoms with Gasteiger partial charge in [-0.1, -0.05) is 48.5 Å². The molecule has 0 spiro atoms. The van der Waals surface area contributed by atoms with Crippen molar-refractivity contribution in [3.63, 3.8) is 0 Å². The number of likely N-dealkylation sites (tertiary alicyclic amines) is 1. The Morgan fingerprint density at radius 2 is 1.69 bits per heavy atom. The molecule has 1 amide bonds. The first kappa shape index (κ1) is 18.5. The van der Waals surface area contributed by atoms with E-state index in [0.717, 1.165) is 50.1 Å². The van der Waals surface area contributed by atoms with Crippen LogP contribution in [0.4, 0.5) is 5.69 Å². The number of aryl methyl sites for hydroxylation is 1. The smallest absolute Gasteiger partial charge is 0.220 e. The maximum absolute atomic E-state index is 12.2. The van der Waals surface area contributed by atoms with Gasteiger partial charge in [0.2, 0.25) is 5.91 Å². The van der Waals surface area contributed by atoms with Crippen LogP contribution >= 0.6 is 0 Å². The summed E-state index contributed by atoms with van der Waals surface area (Å²) >= 11 is 0. The maximum atomic E-state index is 12.2. The molecule has 26 heavy (non-hydrogen) atoms. The Morgan fingerprint density at radius 3 is 2.42 bits per heavy atom. The number of para-hydroxylation sites is 1. The third-order valence-electron chi connectivity index (χ3n) is 5.19. The molecule has 1 fully saturated rings. The topological polar surface area (TPSA) is 58.4 Å². The van der Waals surface area contributed by atoms with Crippen LogP contribution in [0.5, 0.6) is 0 Å². The normalized spacial score (nSPS) is 15.7. The van der Waals surface area contributed by atoms with Crippen LogP contribution < -0.4 is 11.1 Å². The van der Waals surface area contributed by atoms with Crippen molar-refractivity contribution < 1.29 is 4.79 Å². The molecule has 4 nitrogen and oxygen atoms in total. The summed E-state index contributed by atoms with van der Waals surface area (Å²) in [5.74, 6) is 0.135. The standard InChI is InChI=1S/C22H29N3O/c23-21-9-5-4-8-19(21)10-11-22(26)24-20-13-16-25(17-14-20)15-12-18-6-2-1-3-7-18/h1-9,20H,10-17,23H2,(H,24,26). The molecule has 1 aliphatic rings. The molecule has 3 N–H and O–H groups in total. The summed E-state index contributed by atoms with van der Waals surface area (Å²) in [5, 5.41) is 3.20. The number of hydrogen-bond acceptors (Lipinski definition) is 3. The molecular formula is C22H29N3O. The second-order valence-corrected chi connectivity index (χ2v) is 7.12. The van der Waals surface area contributed by atoms with Gasteiger partial charge >= 0.3 is 0 Å². The number of nitrogen functional groups attached to an aromatic ring is 1. The minimum absolute atomic E-state index is 0.135. The summed E-state index contributed by atoms with van der Waals surface area (Å²) in [7, 11) is 0. The summed E-state index contributed by atoms with van der Waals surface area (Å²) < 4.78 is 0. The van der Waals surface area contributed by atoms with E-state index in [4.69, 9.17) is 5.73 Å². The lowest BCUT2D eigenvalue weighted by atomic mass is 10.0. The Hall–Kier alpha value is -2.33. The SMILES string of the molecule is Nc1ccccc1CCC(=O)NC1CCN(CCc2ccccc2)CC1. The first-order valence-electron chi connectivity index (χ1n) is 9.60. The van der Waals surface area contributed by atoms with Gasteiger partial charge in [0.15, 0.2) is 0 Å². The first-order chi connectivity index (χ1) is 12.7. The van der Waals surface area contributed by atoms with Crippen molar-refractivity contribution in [1.82, 2.24) is 10.2 Å². The van der Waals surface area contributed by atoms with Crippen molar-refractivity contribution in [1.29, 1.82) is 0 Å². The van der Waals surface area contributed by atoms with Crippen molar-refractivity contribution in [2.24, 2.45) is 0 Å². The Kier molecular flexibility index (Phi) is 6.67. The molecule has 0 atom stereocenters. The summed E-state index contributed by atoms with van der Waals surface area (Å²) in [6.45, 7) is 3.21. The van der Waals surface area contributed by atoms with Gasteiger partial charge in [0.1, 0.15) is 0 Å². The molecule has 0 bridgehead atoms. The minimum Gasteiger partial charge on any atom is -0.399 e. The maximum Gasteiger partial charge on any atom is 0.220 e. The van der Waals surface area contributed by atoms with Gasteiger partial charge in [0, 0.05) is 37.8 Å².